The summed E-state index contributed by atoms with van der Waals surface area (Å²) in [7, 11) is 0. The van der Waals surface area contributed by atoms with Crippen LogP contribution in [0.15, 0.2) is 71.3 Å². The third kappa shape index (κ3) is 4.34. The Morgan fingerprint density at radius 2 is 1.92 bits per heavy atom. The largest absolute Gasteiger partial charge is 0.465 e. The van der Waals surface area contributed by atoms with Crippen molar-refractivity contribution in [3.63, 3.8) is 0 Å². The van der Waals surface area contributed by atoms with Crippen LogP contribution in [-0.4, -0.2) is 35.9 Å². The van der Waals surface area contributed by atoms with E-state index in [0.717, 1.165) is 29.0 Å². The molecule has 38 heavy (non-hydrogen) atoms. The Hall–Kier alpha value is -4.72. The Morgan fingerprint density at radius 1 is 1.11 bits per heavy atom. The zero-order valence-electron chi connectivity index (χ0n) is 20.8. The zero-order valence-corrected chi connectivity index (χ0v) is 20.8. The van der Waals surface area contributed by atoms with E-state index >= 15 is 0 Å². The van der Waals surface area contributed by atoms with Gasteiger partial charge in [-0.1, -0.05) is 37.3 Å². The van der Waals surface area contributed by atoms with Crippen molar-refractivity contribution in [1.82, 2.24) is 4.98 Å². The molecular weight excluding hydrogens is 482 g/mol. The lowest BCUT2D eigenvalue weighted by atomic mass is 9.81. The molecule has 0 radical (unpaired) electrons. The fourth-order valence-electron chi connectivity index (χ4n) is 5.25. The molecule has 2 aromatic carbocycles. The Kier molecular flexibility index (Phi) is 5.99. The standard InChI is InChI=1S/C30H25N3O5/c1-18-13-19(15-20-7-6-12-37-20)29-22(14-18)28(21-8-2-3-9-23(21)32-29)30(36)38-17-27(35)33-16-26(34)31-24-10-4-5-11-25(24)33/h2-12,15,18H,13-14,16-17H2,1H3,(H,31,34). The van der Waals surface area contributed by atoms with E-state index in [4.69, 9.17) is 14.1 Å². The summed E-state index contributed by atoms with van der Waals surface area (Å²) in [5.74, 6) is -0.379. The highest BCUT2D eigenvalue weighted by atomic mass is 16.5. The average molecular weight is 508 g/mol. The zero-order chi connectivity index (χ0) is 26.2. The number of anilines is 2. The number of carbonyl (C=O) groups excluding carboxylic acids is 3. The number of benzene rings is 2. The smallest absolute Gasteiger partial charge is 0.339 e. The molecule has 4 aromatic rings. The molecule has 8 heteroatoms. The first-order chi connectivity index (χ1) is 18.5. The average Bonchev–Trinajstić information content (AvgIpc) is 3.43. The van der Waals surface area contributed by atoms with Crippen LogP contribution in [0.1, 0.15) is 40.7 Å². The number of ether oxygens (including phenoxy) is 1. The predicted molar refractivity (Wildman–Crippen MR) is 144 cm³/mol. The predicted octanol–water partition coefficient (Wildman–Crippen LogP) is 5.09. The SMILES string of the molecule is CC1CC(=Cc2ccco2)c2nc3ccccc3c(C(=O)OCC(=O)N3CC(=O)Nc4ccccc43)c2C1. The van der Waals surface area contributed by atoms with Crippen molar-refractivity contribution in [2.75, 3.05) is 23.4 Å². The second kappa shape index (κ2) is 9.63. The van der Waals surface area contributed by atoms with E-state index in [1.807, 2.05) is 42.5 Å². The molecule has 0 saturated heterocycles. The molecule has 0 bridgehead atoms. The van der Waals surface area contributed by atoms with Gasteiger partial charge >= 0.3 is 5.97 Å². The first-order valence-corrected chi connectivity index (χ1v) is 12.5. The van der Waals surface area contributed by atoms with Crippen LogP contribution in [0, 0.1) is 5.92 Å². The number of aromatic nitrogens is 1. The number of para-hydroxylation sites is 3. The van der Waals surface area contributed by atoms with Crippen molar-refractivity contribution < 1.29 is 23.5 Å². The fourth-order valence-corrected chi connectivity index (χ4v) is 5.25. The molecule has 2 amide bonds. The summed E-state index contributed by atoms with van der Waals surface area (Å²) in [6.07, 6.45) is 5.04. The molecule has 8 nitrogen and oxygen atoms in total. The van der Waals surface area contributed by atoms with Gasteiger partial charge in [-0.3, -0.25) is 14.5 Å². The minimum atomic E-state index is -0.589. The summed E-state index contributed by atoms with van der Waals surface area (Å²) in [6.45, 7) is 1.50. The van der Waals surface area contributed by atoms with Gasteiger partial charge in [0.1, 0.15) is 12.3 Å². The van der Waals surface area contributed by atoms with Crippen LogP contribution in [0.5, 0.6) is 0 Å². The summed E-state index contributed by atoms with van der Waals surface area (Å²) < 4.78 is 11.2. The van der Waals surface area contributed by atoms with Crippen LogP contribution in [-0.2, 0) is 20.7 Å². The van der Waals surface area contributed by atoms with Crippen LogP contribution in [0.25, 0.3) is 22.6 Å². The van der Waals surface area contributed by atoms with Crippen LogP contribution in [0.3, 0.4) is 0 Å². The highest BCUT2D eigenvalue weighted by Gasteiger charge is 2.31. The lowest BCUT2D eigenvalue weighted by molar-refractivity contribution is -0.124. The van der Waals surface area contributed by atoms with E-state index in [2.05, 4.69) is 12.2 Å². The molecule has 1 unspecified atom stereocenters. The van der Waals surface area contributed by atoms with Crippen molar-refractivity contribution in [2.45, 2.75) is 19.8 Å². The molecule has 1 aliphatic heterocycles. The minimum Gasteiger partial charge on any atom is -0.465 e. The van der Waals surface area contributed by atoms with Gasteiger partial charge in [0.25, 0.3) is 5.91 Å². The third-order valence-electron chi connectivity index (χ3n) is 6.88. The number of pyridine rings is 1. The quantitative estimate of drug-likeness (QED) is 0.386. The molecule has 2 aliphatic rings. The summed E-state index contributed by atoms with van der Waals surface area (Å²) in [5.41, 5.74) is 4.75. The summed E-state index contributed by atoms with van der Waals surface area (Å²) in [4.78, 5) is 45.1. The van der Waals surface area contributed by atoms with Gasteiger partial charge in [-0.15, -0.1) is 0 Å². The molecular formula is C30H25N3O5. The van der Waals surface area contributed by atoms with Gasteiger partial charge in [0.05, 0.1) is 34.4 Å². The lowest BCUT2D eigenvalue weighted by Gasteiger charge is -2.29. The van der Waals surface area contributed by atoms with Gasteiger partial charge in [0.2, 0.25) is 5.91 Å². The number of esters is 1. The molecule has 1 N–H and O–H groups in total. The summed E-state index contributed by atoms with van der Waals surface area (Å²) >= 11 is 0. The second-order valence-corrected chi connectivity index (χ2v) is 9.65. The van der Waals surface area contributed by atoms with Crippen LogP contribution in [0.2, 0.25) is 0 Å². The normalized spacial score (nSPS) is 17.6. The number of furan rings is 1. The number of nitrogens with zero attached hydrogens (tertiary/aromatic N) is 2. The van der Waals surface area contributed by atoms with Gasteiger partial charge in [-0.25, -0.2) is 9.78 Å². The van der Waals surface area contributed by atoms with Crippen LogP contribution < -0.4 is 10.2 Å². The molecule has 0 saturated carbocycles. The molecule has 2 aromatic heterocycles. The maximum atomic E-state index is 13.6. The Labute approximate surface area is 218 Å². The molecule has 1 atom stereocenters. The molecule has 0 fully saturated rings. The van der Waals surface area contributed by atoms with Crippen LogP contribution in [0.4, 0.5) is 11.4 Å². The maximum absolute atomic E-state index is 13.6. The highest BCUT2D eigenvalue weighted by Crippen LogP contribution is 2.39. The molecule has 3 heterocycles. The summed E-state index contributed by atoms with van der Waals surface area (Å²) in [6, 6.07) is 18.2. The van der Waals surface area contributed by atoms with Crippen molar-refractivity contribution in [2.24, 2.45) is 5.92 Å². The molecule has 190 valence electrons. The number of carbonyl (C=O) groups is 3. The first-order valence-electron chi connectivity index (χ1n) is 12.5. The highest BCUT2D eigenvalue weighted by molar-refractivity contribution is 6.11. The van der Waals surface area contributed by atoms with E-state index in [0.29, 0.717) is 34.3 Å². The van der Waals surface area contributed by atoms with Crippen molar-refractivity contribution >= 4 is 51.7 Å². The number of hydrogen-bond donors (Lipinski definition) is 1. The maximum Gasteiger partial charge on any atom is 0.339 e. The molecule has 1 aliphatic carbocycles. The fraction of sp³-hybridized carbons (Fsp3) is 0.200. The Bertz CT molecular complexity index is 1610. The van der Waals surface area contributed by atoms with E-state index in [1.165, 1.54) is 4.90 Å². The topological polar surface area (TPSA) is 102 Å². The van der Waals surface area contributed by atoms with Gasteiger partial charge in [-0.05, 0) is 66.3 Å². The number of fused-ring (bicyclic) bond motifs is 3. The van der Waals surface area contributed by atoms with E-state index in [9.17, 15) is 14.4 Å². The summed E-state index contributed by atoms with van der Waals surface area (Å²) in [5, 5.41) is 3.43. The Morgan fingerprint density at radius 3 is 2.76 bits per heavy atom. The van der Waals surface area contributed by atoms with Crippen LogP contribution >= 0.6 is 0 Å². The van der Waals surface area contributed by atoms with E-state index in [1.54, 1.807) is 30.5 Å². The number of hydrogen-bond acceptors (Lipinski definition) is 6. The lowest BCUT2D eigenvalue weighted by Crippen LogP contribution is -2.44. The number of allylic oxidation sites excluding steroid dienone is 1. The number of nitrogens with one attached hydrogen (secondary N) is 1. The van der Waals surface area contributed by atoms with E-state index < -0.39 is 18.5 Å². The second-order valence-electron chi connectivity index (χ2n) is 9.65. The Balaban J connectivity index is 1.34. The van der Waals surface area contributed by atoms with E-state index in [-0.39, 0.29) is 18.4 Å². The van der Waals surface area contributed by atoms with Crippen molar-refractivity contribution in [3.05, 3.63) is 89.5 Å². The van der Waals surface area contributed by atoms with Crippen molar-refractivity contribution in [3.8, 4) is 0 Å². The minimum absolute atomic E-state index is 0.139. The number of rotatable bonds is 4. The van der Waals surface area contributed by atoms with Gasteiger partial charge in [0, 0.05) is 5.39 Å². The number of amides is 2. The first kappa shape index (κ1) is 23.7. The third-order valence-corrected chi connectivity index (χ3v) is 6.88. The molecule has 6 rings (SSSR count). The van der Waals surface area contributed by atoms with Crippen molar-refractivity contribution in [1.29, 1.82) is 0 Å². The van der Waals surface area contributed by atoms with Gasteiger partial charge < -0.3 is 14.5 Å². The van der Waals surface area contributed by atoms with Gasteiger partial charge in [0.15, 0.2) is 6.61 Å². The monoisotopic (exact) mass is 507 g/mol. The molecule has 0 spiro atoms. The van der Waals surface area contributed by atoms with Gasteiger partial charge in [-0.2, -0.15) is 0 Å².